The smallest absolute Gasteiger partial charge is 0.338 e. The predicted octanol–water partition coefficient (Wildman–Crippen LogP) is 3.45. The highest BCUT2D eigenvalue weighted by Crippen LogP contribution is 2.10. The zero-order chi connectivity index (χ0) is 19.9. The van der Waals surface area contributed by atoms with E-state index in [-0.39, 0.29) is 5.91 Å². The molecule has 28 heavy (non-hydrogen) atoms. The first-order valence-electron chi connectivity index (χ1n) is 8.81. The summed E-state index contributed by atoms with van der Waals surface area (Å²) < 4.78 is 7.05. The van der Waals surface area contributed by atoms with Gasteiger partial charge in [0.25, 0.3) is 5.91 Å². The van der Waals surface area contributed by atoms with Gasteiger partial charge in [-0.25, -0.2) is 4.79 Å². The van der Waals surface area contributed by atoms with Gasteiger partial charge in [-0.3, -0.25) is 9.48 Å². The largest absolute Gasteiger partial charge is 0.449 e. The number of benzene rings is 2. The Labute approximate surface area is 168 Å². The van der Waals surface area contributed by atoms with Crippen LogP contribution >= 0.6 is 11.6 Å². The van der Waals surface area contributed by atoms with Crippen molar-refractivity contribution in [1.29, 1.82) is 0 Å². The van der Waals surface area contributed by atoms with Crippen LogP contribution in [0.2, 0.25) is 5.02 Å². The summed E-state index contributed by atoms with van der Waals surface area (Å²) in [5, 5.41) is 7.52. The quantitative estimate of drug-likeness (QED) is 0.620. The molecular weight excluding hydrogens is 378 g/mol. The first-order chi connectivity index (χ1) is 13.5. The van der Waals surface area contributed by atoms with E-state index in [1.807, 2.05) is 36.5 Å². The topological polar surface area (TPSA) is 73.2 Å². The van der Waals surface area contributed by atoms with Crippen LogP contribution in [0.25, 0.3) is 0 Å². The molecule has 7 heteroatoms. The van der Waals surface area contributed by atoms with E-state index >= 15 is 0 Å². The number of esters is 1. The van der Waals surface area contributed by atoms with Gasteiger partial charge in [0.1, 0.15) is 0 Å². The van der Waals surface area contributed by atoms with Crippen molar-refractivity contribution in [2.45, 2.75) is 26.1 Å². The molecule has 1 N–H and O–H groups in total. The lowest BCUT2D eigenvalue weighted by Gasteiger charge is -2.14. The van der Waals surface area contributed by atoms with Gasteiger partial charge in [0, 0.05) is 24.0 Å². The maximum Gasteiger partial charge on any atom is 0.338 e. The van der Waals surface area contributed by atoms with Gasteiger partial charge in [-0.1, -0.05) is 35.9 Å². The molecule has 2 aromatic carbocycles. The molecule has 0 saturated carbocycles. The fourth-order valence-corrected chi connectivity index (χ4v) is 2.67. The Hall–Kier alpha value is -3.12. The van der Waals surface area contributed by atoms with Crippen molar-refractivity contribution in [3.8, 4) is 0 Å². The molecular formula is C21H20ClN3O3. The van der Waals surface area contributed by atoms with E-state index in [0.29, 0.717) is 23.7 Å². The van der Waals surface area contributed by atoms with Crippen LogP contribution < -0.4 is 5.32 Å². The van der Waals surface area contributed by atoms with Crippen molar-refractivity contribution in [3.63, 3.8) is 0 Å². The van der Waals surface area contributed by atoms with Gasteiger partial charge in [-0.15, -0.1) is 0 Å². The molecule has 1 heterocycles. The Morgan fingerprint density at radius 3 is 2.43 bits per heavy atom. The number of nitrogens with one attached hydrogen (secondary N) is 1. The number of nitrogens with zero attached hydrogens (tertiary/aromatic N) is 2. The average molecular weight is 398 g/mol. The second-order valence-corrected chi connectivity index (χ2v) is 6.73. The molecule has 0 fully saturated rings. The van der Waals surface area contributed by atoms with Crippen LogP contribution in [-0.4, -0.2) is 27.8 Å². The van der Waals surface area contributed by atoms with Gasteiger partial charge in [-0.05, 0) is 48.4 Å². The highest BCUT2D eigenvalue weighted by Gasteiger charge is 2.18. The summed E-state index contributed by atoms with van der Waals surface area (Å²) in [7, 11) is 0. The Balaban J connectivity index is 1.50. The maximum atomic E-state index is 12.3. The summed E-state index contributed by atoms with van der Waals surface area (Å²) in [5.41, 5.74) is 2.31. The minimum atomic E-state index is -0.899. The van der Waals surface area contributed by atoms with E-state index < -0.39 is 12.1 Å². The molecule has 1 atom stereocenters. The van der Waals surface area contributed by atoms with Crippen molar-refractivity contribution >= 4 is 23.5 Å². The summed E-state index contributed by atoms with van der Waals surface area (Å²) in [6, 6.07) is 16.0. The lowest BCUT2D eigenvalue weighted by Crippen LogP contribution is -2.35. The molecule has 0 aliphatic carbocycles. The number of hydrogen-bond acceptors (Lipinski definition) is 4. The second kappa shape index (κ2) is 9.19. The third-order valence-electron chi connectivity index (χ3n) is 4.13. The van der Waals surface area contributed by atoms with Crippen molar-refractivity contribution in [1.82, 2.24) is 15.1 Å². The lowest BCUT2D eigenvalue weighted by molar-refractivity contribution is -0.129. The number of amides is 1. The molecule has 6 nitrogen and oxygen atoms in total. The fraction of sp³-hybridized carbons (Fsp3) is 0.190. The van der Waals surface area contributed by atoms with E-state index in [1.165, 1.54) is 0 Å². The number of ether oxygens (including phenoxy) is 1. The molecule has 3 aromatic rings. The Kier molecular flexibility index (Phi) is 6.45. The third-order valence-corrected chi connectivity index (χ3v) is 4.38. The van der Waals surface area contributed by atoms with E-state index in [9.17, 15) is 9.59 Å². The van der Waals surface area contributed by atoms with Crippen LogP contribution in [0.1, 0.15) is 28.4 Å². The summed E-state index contributed by atoms with van der Waals surface area (Å²) in [4.78, 5) is 24.4. The van der Waals surface area contributed by atoms with Crippen LogP contribution in [0, 0.1) is 0 Å². The molecule has 1 aromatic heterocycles. The van der Waals surface area contributed by atoms with Crippen LogP contribution in [0.5, 0.6) is 0 Å². The van der Waals surface area contributed by atoms with E-state index in [0.717, 1.165) is 11.1 Å². The summed E-state index contributed by atoms with van der Waals surface area (Å²) in [6.07, 6.45) is 2.68. The standard InChI is InChI=1S/C21H20ClN3O3/c1-15(20(26)23-13-16-5-9-19(22)10-6-16)28-21(27)18-7-3-17(4-8-18)14-25-12-2-11-24-25/h2-12,15H,13-14H2,1H3,(H,23,26). The van der Waals surface area contributed by atoms with Crippen molar-refractivity contribution < 1.29 is 14.3 Å². The van der Waals surface area contributed by atoms with Crippen molar-refractivity contribution in [2.24, 2.45) is 0 Å². The SMILES string of the molecule is CC(OC(=O)c1ccc(Cn2cccn2)cc1)C(=O)NCc1ccc(Cl)cc1. The second-order valence-electron chi connectivity index (χ2n) is 6.29. The van der Waals surface area contributed by atoms with Crippen molar-refractivity contribution in [3.05, 3.63) is 88.7 Å². The van der Waals surface area contributed by atoms with E-state index in [1.54, 1.807) is 42.1 Å². The molecule has 0 bridgehead atoms. The summed E-state index contributed by atoms with van der Waals surface area (Å²) >= 11 is 5.84. The Bertz CT molecular complexity index is 923. The number of aromatic nitrogens is 2. The Morgan fingerprint density at radius 2 is 1.79 bits per heavy atom. The zero-order valence-electron chi connectivity index (χ0n) is 15.3. The highest BCUT2D eigenvalue weighted by molar-refractivity contribution is 6.30. The molecule has 1 unspecified atom stereocenters. The predicted molar refractivity (Wildman–Crippen MR) is 106 cm³/mol. The van der Waals surface area contributed by atoms with Gasteiger partial charge < -0.3 is 10.1 Å². The normalized spacial score (nSPS) is 11.6. The van der Waals surface area contributed by atoms with Gasteiger partial charge >= 0.3 is 5.97 Å². The van der Waals surface area contributed by atoms with Crippen molar-refractivity contribution in [2.75, 3.05) is 0 Å². The zero-order valence-corrected chi connectivity index (χ0v) is 16.1. The van der Waals surface area contributed by atoms with Crippen LogP contribution in [0.4, 0.5) is 0 Å². The molecule has 3 rings (SSSR count). The minimum absolute atomic E-state index is 0.333. The Morgan fingerprint density at radius 1 is 1.11 bits per heavy atom. The van der Waals surface area contributed by atoms with E-state index in [2.05, 4.69) is 10.4 Å². The fourth-order valence-electron chi connectivity index (χ4n) is 2.54. The number of carbonyl (C=O) groups is 2. The molecule has 0 aliphatic rings. The van der Waals surface area contributed by atoms with Crippen LogP contribution in [0.15, 0.2) is 67.0 Å². The molecule has 0 aliphatic heterocycles. The monoisotopic (exact) mass is 397 g/mol. The summed E-state index contributed by atoms with van der Waals surface area (Å²) in [6.45, 7) is 2.49. The molecule has 0 spiro atoms. The molecule has 1 amide bonds. The first kappa shape index (κ1) is 19.6. The molecule has 0 saturated heterocycles. The number of carbonyl (C=O) groups excluding carboxylic acids is 2. The van der Waals surface area contributed by atoms with Crippen LogP contribution in [-0.2, 0) is 22.6 Å². The van der Waals surface area contributed by atoms with E-state index in [4.69, 9.17) is 16.3 Å². The maximum absolute atomic E-state index is 12.3. The number of halogens is 1. The highest BCUT2D eigenvalue weighted by atomic mass is 35.5. The minimum Gasteiger partial charge on any atom is -0.449 e. The molecule has 0 radical (unpaired) electrons. The van der Waals surface area contributed by atoms with Gasteiger partial charge in [0.15, 0.2) is 6.10 Å². The van der Waals surface area contributed by atoms with Gasteiger partial charge in [-0.2, -0.15) is 5.10 Å². The average Bonchev–Trinajstić information content (AvgIpc) is 3.20. The molecule has 144 valence electrons. The first-order valence-corrected chi connectivity index (χ1v) is 9.18. The van der Waals surface area contributed by atoms with Gasteiger partial charge in [0.2, 0.25) is 0 Å². The number of hydrogen-bond donors (Lipinski definition) is 1. The number of rotatable bonds is 7. The summed E-state index contributed by atoms with van der Waals surface area (Å²) in [5.74, 6) is -0.904. The van der Waals surface area contributed by atoms with Crippen LogP contribution in [0.3, 0.4) is 0 Å². The third kappa shape index (κ3) is 5.44. The van der Waals surface area contributed by atoms with Gasteiger partial charge in [0.05, 0.1) is 12.1 Å². The lowest BCUT2D eigenvalue weighted by atomic mass is 10.1.